The summed E-state index contributed by atoms with van der Waals surface area (Å²) in [6, 6.07) is -0.965. The van der Waals surface area contributed by atoms with Crippen molar-refractivity contribution in [1.82, 2.24) is 5.32 Å². The highest BCUT2D eigenvalue weighted by Gasteiger charge is 2.45. The lowest BCUT2D eigenvalue weighted by Gasteiger charge is -2.42. The number of aliphatic hydroxyl groups is 2. The molecule has 6 atom stereocenters. The van der Waals surface area contributed by atoms with Gasteiger partial charge in [-0.2, -0.15) is 11.8 Å². The fourth-order valence-electron chi connectivity index (χ4n) is 3.05. The van der Waals surface area contributed by atoms with Crippen LogP contribution in [-0.2, 0) is 19.1 Å². The molecule has 0 aromatic heterocycles. The molecule has 3 rings (SSSR count). The van der Waals surface area contributed by atoms with Crippen molar-refractivity contribution in [3.8, 4) is 0 Å². The highest BCUT2D eigenvalue weighted by molar-refractivity contribution is 7.99. The van der Waals surface area contributed by atoms with Crippen LogP contribution in [0.15, 0.2) is 0 Å². The topological polar surface area (TPSA) is 125 Å². The average Bonchev–Trinajstić information content (AvgIpc) is 2.65. The molecule has 3 saturated heterocycles. The van der Waals surface area contributed by atoms with Crippen molar-refractivity contribution < 1.29 is 34.4 Å². The lowest BCUT2D eigenvalue weighted by atomic mass is 9.86. The van der Waals surface area contributed by atoms with E-state index in [9.17, 15) is 19.8 Å². The molecule has 138 valence electrons. The van der Waals surface area contributed by atoms with Crippen molar-refractivity contribution in [1.29, 1.82) is 0 Å². The van der Waals surface area contributed by atoms with Gasteiger partial charge in [0, 0.05) is 31.0 Å². The number of rotatable bonds is 6. The predicted molar refractivity (Wildman–Crippen MR) is 86.5 cm³/mol. The zero-order valence-electron chi connectivity index (χ0n) is 13.6. The largest absolute Gasteiger partial charge is 0.480 e. The van der Waals surface area contributed by atoms with E-state index in [2.05, 4.69) is 5.32 Å². The first-order chi connectivity index (χ1) is 11.4. The van der Waals surface area contributed by atoms with Gasteiger partial charge in [0.2, 0.25) is 5.91 Å². The summed E-state index contributed by atoms with van der Waals surface area (Å²) in [6.07, 6.45) is -0.741. The Labute approximate surface area is 144 Å². The second-order valence-corrected chi connectivity index (χ2v) is 7.26. The van der Waals surface area contributed by atoms with E-state index >= 15 is 0 Å². The normalized spacial score (nSPS) is 34.7. The first-order valence-corrected chi connectivity index (χ1v) is 9.26. The van der Waals surface area contributed by atoms with Crippen LogP contribution in [0.2, 0.25) is 0 Å². The van der Waals surface area contributed by atoms with Gasteiger partial charge in [0.25, 0.3) is 0 Å². The second-order valence-electron chi connectivity index (χ2n) is 6.18. The van der Waals surface area contributed by atoms with Crippen LogP contribution in [0.3, 0.4) is 0 Å². The molecule has 0 radical (unpaired) electrons. The quantitative estimate of drug-likeness (QED) is 0.501. The molecule has 0 aromatic carbocycles. The second kappa shape index (κ2) is 9.00. The third-order valence-corrected chi connectivity index (χ3v) is 5.44. The monoisotopic (exact) mass is 363 g/mol. The lowest BCUT2D eigenvalue weighted by molar-refractivity contribution is -0.277. The fraction of sp³-hybridized carbons (Fsp3) is 0.867. The van der Waals surface area contributed by atoms with Crippen LogP contribution < -0.4 is 5.32 Å². The number of carboxylic acid groups (broad SMARTS) is 1. The summed E-state index contributed by atoms with van der Waals surface area (Å²) >= 11 is 1.34. The maximum absolute atomic E-state index is 11.1. The van der Waals surface area contributed by atoms with Gasteiger partial charge in [-0.25, -0.2) is 4.79 Å². The molecule has 4 N–H and O–H groups in total. The highest BCUT2D eigenvalue weighted by atomic mass is 32.2. The molecule has 24 heavy (non-hydrogen) atoms. The molecule has 3 fully saturated rings. The summed E-state index contributed by atoms with van der Waals surface area (Å²) in [5, 5.41) is 31.9. The SMILES string of the molecule is CC(=O)N[C@H](CSCC1OC2OCCCCC1C(O)C2O)C(=O)O. The molecule has 9 heteroatoms. The minimum Gasteiger partial charge on any atom is -0.480 e. The van der Waals surface area contributed by atoms with Gasteiger partial charge in [-0.05, 0) is 12.8 Å². The molecule has 5 unspecified atom stereocenters. The average molecular weight is 363 g/mol. The number of fused-ring (bicyclic) bond motifs is 6. The summed E-state index contributed by atoms with van der Waals surface area (Å²) in [7, 11) is 0. The molecular weight excluding hydrogens is 338 g/mol. The molecule has 1 amide bonds. The van der Waals surface area contributed by atoms with Crippen LogP contribution in [0.4, 0.5) is 0 Å². The molecule has 3 heterocycles. The molecule has 0 saturated carbocycles. The van der Waals surface area contributed by atoms with Gasteiger partial charge < -0.3 is 30.1 Å². The number of ether oxygens (including phenoxy) is 2. The smallest absolute Gasteiger partial charge is 0.327 e. The maximum atomic E-state index is 11.1. The van der Waals surface area contributed by atoms with Crippen molar-refractivity contribution in [2.75, 3.05) is 18.1 Å². The highest BCUT2D eigenvalue weighted by Crippen LogP contribution is 2.33. The van der Waals surface area contributed by atoms with Gasteiger partial charge in [0.05, 0.1) is 12.2 Å². The number of aliphatic carboxylic acids is 1. The van der Waals surface area contributed by atoms with Gasteiger partial charge in [-0.1, -0.05) is 6.42 Å². The number of carboxylic acids is 1. The van der Waals surface area contributed by atoms with Crippen molar-refractivity contribution in [2.24, 2.45) is 5.92 Å². The van der Waals surface area contributed by atoms with Gasteiger partial charge in [0.1, 0.15) is 12.1 Å². The Balaban J connectivity index is 1.93. The van der Waals surface area contributed by atoms with Gasteiger partial charge in [-0.15, -0.1) is 0 Å². The van der Waals surface area contributed by atoms with Gasteiger partial charge >= 0.3 is 5.97 Å². The summed E-state index contributed by atoms with van der Waals surface area (Å²) < 4.78 is 11.3. The van der Waals surface area contributed by atoms with Crippen LogP contribution >= 0.6 is 11.8 Å². The van der Waals surface area contributed by atoms with E-state index in [1.54, 1.807) is 0 Å². The van der Waals surface area contributed by atoms with E-state index in [0.717, 1.165) is 12.8 Å². The summed E-state index contributed by atoms with van der Waals surface area (Å²) in [5.74, 6) is -1.04. The predicted octanol–water partition coefficient (Wildman–Crippen LogP) is -0.428. The molecule has 2 bridgehead atoms. The first kappa shape index (κ1) is 19.5. The van der Waals surface area contributed by atoms with Crippen LogP contribution in [-0.4, -0.2) is 76.0 Å². The lowest BCUT2D eigenvalue weighted by Crippen LogP contribution is -2.55. The molecule has 0 aliphatic carbocycles. The van der Waals surface area contributed by atoms with E-state index in [1.165, 1.54) is 18.7 Å². The van der Waals surface area contributed by atoms with E-state index in [1.807, 2.05) is 0 Å². The molecule has 0 aromatic rings. The minimum absolute atomic E-state index is 0.200. The number of hydrogen-bond acceptors (Lipinski definition) is 7. The number of amides is 1. The zero-order chi connectivity index (χ0) is 17.7. The zero-order valence-corrected chi connectivity index (χ0v) is 14.4. The van der Waals surface area contributed by atoms with Crippen molar-refractivity contribution >= 4 is 23.6 Å². The van der Waals surface area contributed by atoms with E-state index in [0.29, 0.717) is 18.8 Å². The number of hydrogen-bond donors (Lipinski definition) is 4. The Morgan fingerprint density at radius 1 is 1.29 bits per heavy atom. The Morgan fingerprint density at radius 2 is 2.04 bits per heavy atom. The van der Waals surface area contributed by atoms with Crippen LogP contribution in [0.5, 0.6) is 0 Å². The number of carbonyl (C=O) groups excluding carboxylic acids is 1. The van der Waals surface area contributed by atoms with Crippen LogP contribution in [0.1, 0.15) is 26.2 Å². The standard InChI is InChI=1S/C15H25NO7S/c1-8(17)16-10(14(20)21)6-24-7-11-9-4-2-3-5-22-15(23-11)13(19)12(9)18/h9-13,15,18-19H,2-7H2,1H3,(H,16,17)(H,20,21)/t9?,10-,11?,12?,13?,15?/m1/s1. The number of nitrogens with one attached hydrogen (secondary N) is 1. The summed E-state index contributed by atoms with van der Waals surface area (Å²) in [4.78, 5) is 22.2. The third kappa shape index (κ3) is 5.06. The Hall–Kier alpha value is -0.870. The van der Waals surface area contributed by atoms with Crippen molar-refractivity contribution in [3.63, 3.8) is 0 Å². The van der Waals surface area contributed by atoms with Gasteiger partial charge in [0.15, 0.2) is 6.29 Å². The number of thioether (sulfide) groups is 1. The number of aliphatic hydroxyl groups excluding tert-OH is 2. The minimum atomic E-state index is -1.09. The van der Waals surface area contributed by atoms with E-state index in [-0.39, 0.29) is 17.8 Å². The van der Waals surface area contributed by atoms with Crippen LogP contribution in [0.25, 0.3) is 0 Å². The van der Waals surface area contributed by atoms with Gasteiger partial charge in [-0.3, -0.25) is 4.79 Å². The van der Waals surface area contributed by atoms with Crippen molar-refractivity contribution in [2.45, 2.75) is 56.8 Å². The Kier molecular flexibility index (Phi) is 7.30. The Morgan fingerprint density at radius 3 is 2.71 bits per heavy atom. The molecular formula is C15H25NO7S. The van der Waals surface area contributed by atoms with Crippen molar-refractivity contribution in [3.05, 3.63) is 0 Å². The van der Waals surface area contributed by atoms with Crippen LogP contribution in [0, 0.1) is 5.92 Å². The number of carbonyl (C=O) groups is 2. The summed E-state index contributed by atoms with van der Waals surface area (Å²) in [5.41, 5.74) is 0. The molecule has 8 nitrogen and oxygen atoms in total. The van der Waals surface area contributed by atoms with E-state index < -0.39 is 36.4 Å². The maximum Gasteiger partial charge on any atom is 0.327 e. The van der Waals surface area contributed by atoms with E-state index in [4.69, 9.17) is 14.6 Å². The first-order valence-electron chi connectivity index (χ1n) is 8.11. The fourth-order valence-corrected chi connectivity index (χ4v) is 4.20. The molecule has 3 aliphatic rings. The molecule has 3 aliphatic heterocycles. The molecule has 0 spiro atoms. The Bertz CT molecular complexity index is 448. The third-order valence-electron chi connectivity index (χ3n) is 4.31. The summed E-state index contributed by atoms with van der Waals surface area (Å²) in [6.45, 7) is 1.75.